The number of nitrogens with zero attached hydrogens (tertiary/aromatic N) is 3. The van der Waals surface area contributed by atoms with Crippen LogP contribution >= 0.6 is 24.0 Å². The molecule has 5 nitrogen and oxygen atoms in total. The predicted molar refractivity (Wildman–Crippen MR) is 111 cm³/mol. The minimum atomic E-state index is -0.211. The van der Waals surface area contributed by atoms with E-state index in [1.165, 1.54) is 12.1 Å². The minimum absolute atomic E-state index is 0. The molecule has 2 unspecified atom stereocenters. The van der Waals surface area contributed by atoms with Crippen LogP contribution in [0.2, 0.25) is 0 Å². The molecule has 7 heteroatoms. The van der Waals surface area contributed by atoms with E-state index in [0.717, 1.165) is 37.8 Å². The lowest BCUT2D eigenvalue weighted by molar-refractivity contribution is -0.0175. The third kappa shape index (κ3) is 6.71. The van der Waals surface area contributed by atoms with E-state index < -0.39 is 0 Å². The number of aliphatic imine (C=N–C) groups is 1. The number of nitrogens with one attached hydrogen (secondary N) is 1. The summed E-state index contributed by atoms with van der Waals surface area (Å²) in [6.07, 6.45) is 0. The summed E-state index contributed by atoms with van der Waals surface area (Å²) in [7, 11) is 3.77. The number of rotatable bonds is 5. The highest BCUT2D eigenvalue weighted by Gasteiger charge is 2.23. The van der Waals surface area contributed by atoms with Gasteiger partial charge in [-0.1, -0.05) is 12.1 Å². The largest absolute Gasteiger partial charge is 0.379 e. The van der Waals surface area contributed by atoms with Gasteiger partial charge in [-0.3, -0.25) is 9.89 Å². The molecule has 0 bridgehead atoms. The van der Waals surface area contributed by atoms with E-state index in [4.69, 9.17) is 4.74 Å². The molecular weight excluding hydrogens is 434 g/mol. The van der Waals surface area contributed by atoms with Gasteiger partial charge in [-0.15, -0.1) is 24.0 Å². The van der Waals surface area contributed by atoms with Gasteiger partial charge >= 0.3 is 0 Å². The highest BCUT2D eigenvalue weighted by atomic mass is 127. The van der Waals surface area contributed by atoms with Gasteiger partial charge in [0.25, 0.3) is 0 Å². The second-order valence-corrected chi connectivity index (χ2v) is 6.42. The van der Waals surface area contributed by atoms with Crippen molar-refractivity contribution >= 4 is 29.9 Å². The van der Waals surface area contributed by atoms with Crippen LogP contribution in [0.15, 0.2) is 29.3 Å². The average molecular weight is 464 g/mol. The summed E-state index contributed by atoms with van der Waals surface area (Å²) in [4.78, 5) is 8.86. The molecule has 1 saturated heterocycles. The van der Waals surface area contributed by atoms with E-state index in [9.17, 15) is 4.39 Å². The fraction of sp³-hybridized carbons (Fsp3) is 0.611. The number of hydrogen-bond acceptors (Lipinski definition) is 3. The van der Waals surface area contributed by atoms with Gasteiger partial charge in [0, 0.05) is 45.8 Å². The summed E-state index contributed by atoms with van der Waals surface area (Å²) in [5, 5.41) is 3.44. The summed E-state index contributed by atoms with van der Waals surface area (Å²) in [6, 6.07) is 7.42. The molecule has 142 valence electrons. The van der Waals surface area contributed by atoms with Crippen LogP contribution in [0.4, 0.5) is 4.39 Å². The molecule has 2 atom stereocenters. The van der Waals surface area contributed by atoms with E-state index in [1.54, 1.807) is 19.2 Å². The van der Waals surface area contributed by atoms with Crippen molar-refractivity contribution in [2.45, 2.75) is 32.5 Å². The molecule has 1 aliphatic rings. The van der Waals surface area contributed by atoms with Gasteiger partial charge in [0.2, 0.25) is 0 Å². The smallest absolute Gasteiger partial charge is 0.193 e. The first-order chi connectivity index (χ1) is 11.5. The predicted octanol–water partition coefficient (Wildman–Crippen LogP) is 2.56. The average Bonchev–Trinajstić information content (AvgIpc) is 2.57. The van der Waals surface area contributed by atoms with Crippen molar-refractivity contribution in [2.75, 3.05) is 40.4 Å². The van der Waals surface area contributed by atoms with Crippen LogP contribution in [0.5, 0.6) is 0 Å². The molecule has 2 rings (SSSR count). The zero-order valence-corrected chi connectivity index (χ0v) is 17.9. The van der Waals surface area contributed by atoms with E-state index in [-0.39, 0.29) is 29.8 Å². The lowest BCUT2D eigenvalue weighted by Gasteiger charge is -2.38. The highest BCUT2D eigenvalue weighted by molar-refractivity contribution is 14.0. The maximum absolute atomic E-state index is 13.0. The Balaban J connectivity index is 0.00000312. The van der Waals surface area contributed by atoms with Crippen LogP contribution in [0.3, 0.4) is 0 Å². The number of ether oxygens (including phenoxy) is 1. The zero-order valence-electron chi connectivity index (χ0n) is 15.5. The Bertz CT molecular complexity index is 540. The minimum Gasteiger partial charge on any atom is -0.379 e. The number of halogens is 2. The first-order valence-electron chi connectivity index (χ1n) is 8.51. The van der Waals surface area contributed by atoms with Crippen molar-refractivity contribution in [3.8, 4) is 0 Å². The second kappa shape index (κ2) is 10.9. The molecule has 25 heavy (non-hydrogen) atoms. The first-order valence-corrected chi connectivity index (χ1v) is 8.51. The molecule has 1 aliphatic heterocycles. The maximum atomic E-state index is 13.0. The first kappa shape index (κ1) is 22.1. The molecule has 0 spiro atoms. The van der Waals surface area contributed by atoms with Gasteiger partial charge in [0.15, 0.2) is 5.96 Å². The zero-order chi connectivity index (χ0) is 17.5. The molecule has 1 N–H and O–H groups in total. The van der Waals surface area contributed by atoms with Gasteiger partial charge in [-0.25, -0.2) is 4.39 Å². The number of hydrogen-bond donors (Lipinski definition) is 1. The van der Waals surface area contributed by atoms with Crippen molar-refractivity contribution in [2.24, 2.45) is 4.99 Å². The van der Waals surface area contributed by atoms with Crippen molar-refractivity contribution in [1.82, 2.24) is 15.1 Å². The van der Waals surface area contributed by atoms with Crippen LogP contribution in [0.1, 0.15) is 19.4 Å². The molecule has 0 radical (unpaired) electrons. The van der Waals surface area contributed by atoms with Gasteiger partial charge in [-0.05, 0) is 31.5 Å². The van der Waals surface area contributed by atoms with E-state index in [2.05, 4.69) is 29.1 Å². The number of morpholine rings is 1. The highest BCUT2D eigenvalue weighted by Crippen LogP contribution is 2.10. The lowest BCUT2D eigenvalue weighted by Crippen LogP contribution is -2.53. The topological polar surface area (TPSA) is 40.1 Å². The van der Waals surface area contributed by atoms with Crippen LogP contribution < -0.4 is 5.32 Å². The molecule has 1 heterocycles. The summed E-state index contributed by atoms with van der Waals surface area (Å²) in [5.74, 6) is 0.629. The maximum Gasteiger partial charge on any atom is 0.193 e. The van der Waals surface area contributed by atoms with Gasteiger partial charge in [-0.2, -0.15) is 0 Å². The normalized spacial score (nSPS) is 19.9. The molecule has 1 aromatic rings. The molecule has 1 aromatic carbocycles. The Hall–Kier alpha value is -0.930. The van der Waals surface area contributed by atoms with Gasteiger partial charge in [0.1, 0.15) is 5.82 Å². The summed E-state index contributed by atoms with van der Waals surface area (Å²) in [5.41, 5.74) is 1.05. The second-order valence-electron chi connectivity index (χ2n) is 6.42. The summed E-state index contributed by atoms with van der Waals surface area (Å²) >= 11 is 0. The SMILES string of the molecule is CN=C(NCC(C)N1CCOCC1C)N(C)Cc1ccc(F)cc1.I. The Morgan fingerprint density at radius 2 is 2.12 bits per heavy atom. The molecule has 1 fully saturated rings. The third-order valence-electron chi connectivity index (χ3n) is 4.45. The van der Waals surface area contributed by atoms with E-state index in [0.29, 0.717) is 18.6 Å². The van der Waals surface area contributed by atoms with E-state index >= 15 is 0 Å². The molecule has 0 amide bonds. The fourth-order valence-corrected chi connectivity index (χ4v) is 3.07. The Kier molecular flexibility index (Phi) is 9.66. The standard InChI is InChI=1S/C18H29FN4O.HI/c1-14(23-9-10-24-13-15(23)2)11-21-18(20-3)22(4)12-16-5-7-17(19)8-6-16;/h5-8,14-15H,9-13H2,1-4H3,(H,20,21);1H. The van der Waals surface area contributed by atoms with Crippen LogP contribution in [-0.4, -0.2) is 68.2 Å². The third-order valence-corrected chi connectivity index (χ3v) is 4.45. The molecule has 0 aliphatic carbocycles. The van der Waals surface area contributed by atoms with Crippen molar-refractivity contribution in [1.29, 1.82) is 0 Å². The van der Waals surface area contributed by atoms with Crippen molar-refractivity contribution in [3.63, 3.8) is 0 Å². The van der Waals surface area contributed by atoms with Gasteiger partial charge in [0.05, 0.1) is 13.2 Å². The molecule has 0 saturated carbocycles. The Labute approximate surface area is 167 Å². The summed E-state index contributed by atoms with van der Waals surface area (Å²) < 4.78 is 18.5. The molecule has 0 aromatic heterocycles. The number of guanidine groups is 1. The van der Waals surface area contributed by atoms with Gasteiger partial charge < -0.3 is 15.0 Å². The fourth-order valence-electron chi connectivity index (χ4n) is 3.07. The van der Waals surface area contributed by atoms with Crippen LogP contribution in [0.25, 0.3) is 0 Å². The van der Waals surface area contributed by atoms with Crippen molar-refractivity contribution in [3.05, 3.63) is 35.6 Å². The monoisotopic (exact) mass is 464 g/mol. The van der Waals surface area contributed by atoms with Crippen LogP contribution in [0, 0.1) is 5.82 Å². The Morgan fingerprint density at radius 3 is 2.72 bits per heavy atom. The Morgan fingerprint density at radius 1 is 1.44 bits per heavy atom. The van der Waals surface area contributed by atoms with E-state index in [1.807, 2.05) is 11.9 Å². The quantitative estimate of drug-likeness (QED) is 0.413. The molecular formula is C18H30FIN4O. The van der Waals surface area contributed by atoms with Crippen LogP contribution in [-0.2, 0) is 11.3 Å². The summed E-state index contributed by atoms with van der Waals surface area (Å²) in [6.45, 7) is 8.49. The number of benzene rings is 1. The van der Waals surface area contributed by atoms with Crippen molar-refractivity contribution < 1.29 is 9.13 Å². The lowest BCUT2D eigenvalue weighted by atomic mass is 10.2.